The van der Waals surface area contributed by atoms with E-state index in [0.717, 1.165) is 11.1 Å². The molecular formula is C32H26O4. The van der Waals surface area contributed by atoms with Gasteiger partial charge in [-0.3, -0.25) is 0 Å². The van der Waals surface area contributed by atoms with Crippen molar-refractivity contribution in [3.63, 3.8) is 0 Å². The minimum atomic E-state index is -0.878. The number of ether oxygens (including phenoxy) is 2. The largest absolute Gasteiger partial charge is 0.450 e. The summed E-state index contributed by atoms with van der Waals surface area (Å²) in [4.78, 5) is 26.4. The van der Waals surface area contributed by atoms with E-state index in [1.807, 2.05) is 60.7 Å². The molecule has 36 heavy (non-hydrogen) atoms. The molecule has 0 fully saturated rings. The molecule has 0 amide bonds. The van der Waals surface area contributed by atoms with Gasteiger partial charge in [0.2, 0.25) is 0 Å². The molecule has 2 atom stereocenters. The lowest BCUT2D eigenvalue weighted by Crippen LogP contribution is -2.23. The van der Waals surface area contributed by atoms with Crippen LogP contribution in [-0.4, -0.2) is 11.9 Å². The molecule has 0 aliphatic heterocycles. The molecule has 0 spiro atoms. The van der Waals surface area contributed by atoms with Crippen molar-refractivity contribution >= 4 is 24.1 Å². The van der Waals surface area contributed by atoms with Crippen LogP contribution in [-0.2, 0) is 9.47 Å². The average Bonchev–Trinajstić information content (AvgIpc) is 2.95. The Bertz CT molecular complexity index is 1220. The summed E-state index contributed by atoms with van der Waals surface area (Å²) in [5.41, 5.74) is 3.98. The third-order valence-electron chi connectivity index (χ3n) is 5.76. The maximum absolute atomic E-state index is 13.2. The quantitative estimate of drug-likeness (QED) is 0.236. The molecule has 0 aliphatic carbocycles. The molecule has 0 aromatic heterocycles. The fraction of sp³-hybridized carbons (Fsp3) is 0.0625. The van der Waals surface area contributed by atoms with Crippen LogP contribution in [0.3, 0.4) is 0 Å². The Morgan fingerprint density at radius 2 is 0.861 bits per heavy atom. The number of carbonyl (C=O) groups excluding carboxylic acids is 2. The van der Waals surface area contributed by atoms with E-state index >= 15 is 0 Å². The van der Waals surface area contributed by atoms with Crippen LogP contribution < -0.4 is 0 Å². The van der Waals surface area contributed by atoms with Gasteiger partial charge in [-0.1, -0.05) is 110 Å². The predicted octanol–water partition coefficient (Wildman–Crippen LogP) is 7.47. The molecule has 178 valence electrons. The van der Waals surface area contributed by atoms with Crippen LogP contribution in [0.2, 0.25) is 0 Å². The zero-order chi connectivity index (χ0) is 25.3. The highest BCUT2D eigenvalue weighted by Gasteiger charge is 2.32. The first-order valence-electron chi connectivity index (χ1n) is 11.6. The summed E-state index contributed by atoms with van der Waals surface area (Å²) in [6.45, 7) is 7.49. The molecule has 0 aliphatic rings. The van der Waals surface area contributed by atoms with Gasteiger partial charge in [0.15, 0.2) is 12.2 Å². The molecule has 4 aromatic carbocycles. The van der Waals surface area contributed by atoms with E-state index in [4.69, 9.17) is 9.47 Å². The van der Waals surface area contributed by atoms with Crippen molar-refractivity contribution < 1.29 is 19.1 Å². The fourth-order valence-electron chi connectivity index (χ4n) is 3.77. The van der Waals surface area contributed by atoms with E-state index in [0.29, 0.717) is 22.3 Å². The molecule has 0 radical (unpaired) electrons. The summed E-state index contributed by atoms with van der Waals surface area (Å²) >= 11 is 0. The monoisotopic (exact) mass is 474 g/mol. The van der Waals surface area contributed by atoms with E-state index in [2.05, 4.69) is 13.2 Å². The third-order valence-corrected chi connectivity index (χ3v) is 5.76. The highest BCUT2D eigenvalue weighted by Crippen LogP contribution is 2.36. The number of hydrogen-bond donors (Lipinski definition) is 0. The van der Waals surface area contributed by atoms with Crippen molar-refractivity contribution in [3.05, 3.63) is 156 Å². The number of carbonyl (C=O) groups is 2. The topological polar surface area (TPSA) is 52.6 Å². The van der Waals surface area contributed by atoms with Crippen LogP contribution in [0.25, 0.3) is 12.2 Å². The highest BCUT2D eigenvalue weighted by atomic mass is 16.6. The summed E-state index contributed by atoms with van der Waals surface area (Å²) in [5, 5.41) is 0. The Morgan fingerprint density at radius 3 is 1.17 bits per heavy atom. The zero-order valence-electron chi connectivity index (χ0n) is 19.7. The summed E-state index contributed by atoms with van der Waals surface area (Å²) < 4.78 is 12.1. The second-order valence-electron chi connectivity index (χ2n) is 8.13. The minimum Gasteiger partial charge on any atom is -0.450 e. The number of hydrogen-bond acceptors (Lipinski definition) is 4. The summed E-state index contributed by atoms with van der Waals surface area (Å²) in [6, 6.07) is 32.5. The molecule has 0 heterocycles. The van der Waals surface area contributed by atoms with Gasteiger partial charge in [-0.05, 0) is 46.5 Å². The second-order valence-corrected chi connectivity index (χ2v) is 8.13. The zero-order valence-corrected chi connectivity index (χ0v) is 19.7. The third kappa shape index (κ3) is 5.86. The number of rotatable bonds is 9. The van der Waals surface area contributed by atoms with Crippen molar-refractivity contribution in [1.82, 2.24) is 0 Å². The minimum absolute atomic E-state index is 0.389. The first kappa shape index (κ1) is 24.4. The summed E-state index contributed by atoms with van der Waals surface area (Å²) in [6.07, 6.45) is 1.65. The lowest BCUT2D eigenvalue weighted by molar-refractivity contribution is -0.0388. The Hall–Kier alpha value is -4.70. The van der Waals surface area contributed by atoms with Gasteiger partial charge in [-0.15, -0.1) is 0 Å². The molecule has 0 N–H and O–H groups in total. The van der Waals surface area contributed by atoms with Crippen LogP contribution in [0.1, 0.15) is 55.2 Å². The number of benzene rings is 4. The van der Waals surface area contributed by atoms with Crippen molar-refractivity contribution in [3.8, 4) is 0 Å². The first-order valence-corrected chi connectivity index (χ1v) is 11.6. The highest BCUT2D eigenvalue weighted by molar-refractivity contribution is 5.91. The van der Waals surface area contributed by atoms with Gasteiger partial charge in [-0.25, -0.2) is 9.59 Å². The van der Waals surface area contributed by atoms with Crippen LogP contribution in [0.15, 0.2) is 122 Å². The Labute approximate surface area is 211 Å². The Kier molecular flexibility index (Phi) is 7.89. The van der Waals surface area contributed by atoms with Crippen LogP contribution in [0.5, 0.6) is 0 Å². The SMILES string of the molecule is C=Cc1ccc(C(=O)O[C@H](c2ccccc2)[C@H](OC(=O)c2ccc(C=C)cc2)c2ccccc2)cc1. The van der Waals surface area contributed by atoms with E-state index < -0.39 is 24.1 Å². The molecule has 0 saturated heterocycles. The molecule has 4 rings (SSSR count). The molecule has 0 saturated carbocycles. The Balaban J connectivity index is 1.70. The lowest BCUT2D eigenvalue weighted by atomic mass is 9.97. The van der Waals surface area contributed by atoms with Gasteiger partial charge in [-0.2, -0.15) is 0 Å². The molecule has 4 aromatic rings. The second kappa shape index (κ2) is 11.6. The van der Waals surface area contributed by atoms with Gasteiger partial charge in [0.05, 0.1) is 11.1 Å². The normalized spacial score (nSPS) is 12.1. The molecular weight excluding hydrogens is 448 g/mol. The average molecular weight is 475 g/mol. The van der Waals surface area contributed by atoms with Gasteiger partial charge in [0.25, 0.3) is 0 Å². The fourth-order valence-corrected chi connectivity index (χ4v) is 3.77. The maximum atomic E-state index is 13.2. The predicted molar refractivity (Wildman–Crippen MR) is 142 cm³/mol. The van der Waals surface area contributed by atoms with Gasteiger partial charge < -0.3 is 9.47 Å². The van der Waals surface area contributed by atoms with E-state index in [1.165, 1.54) is 0 Å². The first-order chi connectivity index (χ1) is 17.6. The summed E-state index contributed by atoms with van der Waals surface area (Å²) in [5.74, 6) is -1.04. The van der Waals surface area contributed by atoms with Crippen molar-refractivity contribution in [2.45, 2.75) is 12.2 Å². The van der Waals surface area contributed by atoms with Crippen LogP contribution in [0.4, 0.5) is 0 Å². The van der Waals surface area contributed by atoms with Gasteiger partial charge >= 0.3 is 11.9 Å². The lowest BCUT2D eigenvalue weighted by Gasteiger charge is -2.28. The van der Waals surface area contributed by atoms with Crippen molar-refractivity contribution in [2.75, 3.05) is 0 Å². The smallest absolute Gasteiger partial charge is 0.338 e. The summed E-state index contributed by atoms with van der Waals surface area (Å²) in [7, 11) is 0. The molecule has 4 heteroatoms. The van der Waals surface area contributed by atoms with Crippen LogP contribution >= 0.6 is 0 Å². The van der Waals surface area contributed by atoms with E-state index in [-0.39, 0.29) is 0 Å². The number of esters is 2. The van der Waals surface area contributed by atoms with E-state index in [9.17, 15) is 9.59 Å². The Morgan fingerprint density at radius 1 is 0.528 bits per heavy atom. The van der Waals surface area contributed by atoms with Gasteiger partial charge in [0.1, 0.15) is 0 Å². The van der Waals surface area contributed by atoms with E-state index in [1.54, 1.807) is 60.7 Å². The van der Waals surface area contributed by atoms with Gasteiger partial charge in [0, 0.05) is 0 Å². The van der Waals surface area contributed by atoms with Crippen LogP contribution in [0, 0.1) is 0 Å². The van der Waals surface area contributed by atoms with Crippen molar-refractivity contribution in [2.24, 2.45) is 0 Å². The molecule has 4 nitrogen and oxygen atoms in total. The maximum Gasteiger partial charge on any atom is 0.338 e. The molecule has 0 unspecified atom stereocenters. The van der Waals surface area contributed by atoms with Crippen molar-refractivity contribution in [1.29, 1.82) is 0 Å². The molecule has 0 bridgehead atoms. The standard InChI is InChI=1S/C32H26O4/c1-3-23-15-19-27(20-16-23)31(33)35-29(25-11-7-5-8-12-25)30(26-13-9-6-10-14-26)36-32(34)28-21-17-24(4-2)18-22-28/h3-22,29-30H,1-2H2/t29-,30-/m1/s1.